The molecule has 0 radical (unpaired) electrons. The molecule has 24 heavy (non-hydrogen) atoms. The highest BCUT2D eigenvalue weighted by Gasteiger charge is 2.17. The van der Waals surface area contributed by atoms with E-state index in [4.69, 9.17) is 9.47 Å². The van der Waals surface area contributed by atoms with Crippen molar-refractivity contribution >= 4 is 5.78 Å². The van der Waals surface area contributed by atoms with Crippen molar-refractivity contribution in [3.05, 3.63) is 53.1 Å². The van der Waals surface area contributed by atoms with Gasteiger partial charge >= 0.3 is 0 Å². The molecule has 0 bridgehead atoms. The van der Waals surface area contributed by atoms with Crippen molar-refractivity contribution in [3.63, 3.8) is 0 Å². The average molecular weight is 326 g/mol. The van der Waals surface area contributed by atoms with E-state index in [-0.39, 0.29) is 12.2 Å². The van der Waals surface area contributed by atoms with Gasteiger partial charge in [-0.15, -0.1) is 0 Å². The number of Topliss-reactive ketones (excluding diaryl/α,β-unsaturated/α-hetero) is 1. The fourth-order valence-electron chi connectivity index (χ4n) is 2.65. The van der Waals surface area contributed by atoms with Crippen LogP contribution in [0.5, 0.6) is 5.75 Å². The molecule has 0 saturated carbocycles. The zero-order chi connectivity index (χ0) is 16.9. The second-order valence-corrected chi connectivity index (χ2v) is 6.30. The molecule has 0 aromatic carbocycles. The highest BCUT2D eigenvalue weighted by Crippen LogP contribution is 2.19. The molecule has 0 spiro atoms. The highest BCUT2D eigenvalue weighted by atomic mass is 16.5. The second kappa shape index (κ2) is 7.53. The topological polar surface area (TPSA) is 61.3 Å². The highest BCUT2D eigenvalue weighted by molar-refractivity contribution is 5.95. The molecule has 1 aliphatic rings. The Morgan fingerprint density at radius 1 is 1.33 bits per heavy atom. The number of pyridine rings is 2. The molecular formula is C19H22N2O3. The van der Waals surface area contributed by atoms with Crippen LogP contribution >= 0.6 is 0 Å². The number of aryl methyl sites for hydroxylation is 2. The van der Waals surface area contributed by atoms with Gasteiger partial charge in [-0.25, -0.2) is 4.98 Å². The summed E-state index contributed by atoms with van der Waals surface area (Å²) in [4.78, 5) is 21.1. The van der Waals surface area contributed by atoms with E-state index in [0.29, 0.717) is 24.0 Å². The summed E-state index contributed by atoms with van der Waals surface area (Å²) in [5.74, 6) is 1.06. The van der Waals surface area contributed by atoms with Crippen LogP contribution in [0, 0.1) is 19.8 Å². The minimum Gasteiger partial charge on any atom is -0.493 e. The van der Waals surface area contributed by atoms with E-state index in [1.165, 1.54) is 0 Å². The largest absolute Gasteiger partial charge is 0.493 e. The van der Waals surface area contributed by atoms with Crippen molar-refractivity contribution in [2.45, 2.75) is 26.7 Å². The first kappa shape index (κ1) is 16.6. The van der Waals surface area contributed by atoms with Crippen molar-refractivity contribution in [1.29, 1.82) is 0 Å². The first-order valence-corrected chi connectivity index (χ1v) is 8.24. The third kappa shape index (κ3) is 4.38. The summed E-state index contributed by atoms with van der Waals surface area (Å²) in [5.41, 5.74) is 3.02. The number of carbonyl (C=O) groups is 1. The molecule has 5 heteroatoms. The van der Waals surface area contributed by atoms with Gasteiger partial charge in [0.2, 0.25) is 0 Å². The molecule has 3 heterocycles. The predicted molar refractivity (Wildman–Crippen MR) is 90.4 cm³/mol. The Kier molecular flexibility index (Phi) is 5.20. The zero-order valence-electron chi connectivity index (χ0n) is 14.1. The summed E-state index contributed by atoms with van der Waals surface area (Å²) in [5, 5.41) is 0. The molecule has 1 saturated heterocycles. The van der Waals surface area contributed by atoms with E-state index >= 15 is 0 Å². The number of hydrogen-bond donors (Lipinski definition) is 0. The molecule has 0 amide bonds. The quantitative estimate of drug-likeness (QED) is 0.764. The fraction of sp³-hybridized carbons (Fsp3) is 0.421. The summed E-state index contributed by atoms with van der Waals surface area (Å²) >= 11 is 0. The van der Waals surface area contributed by atoms with Crippen LogP contribution in [0.3, 0.4) is 0 Å². The van der Waals surface area contributed by atoms with Crippen molar-refractivity contribution in [3.8, 4) is 5.75 Å². The Labute approximate surface area is 142 Å². The SMILES string of the molecule is Cc1ccc(CC(=O)c2cc(OCC3CCOC3)cc(C)n2)nc1. The number of carbonyl (C=O) groups excluding carboxylic acids is 1. The van der Waals surface area contributed by atoms with Crippen LogP contribution in [0.1, 0.15) is 33.9 Å². The lowest BCUT2D eigenvalue weighted by Gasteiger charge is -2.12. The first-order chi connectivity index (χ1) is 11.6. The summed E-state index contributed by atoms with van der Waals surface area (Å²) in [6.07, 6.45) is 3.03. The zero-order valence-corrected chi connectivity index (χ0v) is 14.1. The van der Waals surface area contributed by atoms with Crippen LogP contribution in [0.2, 0.25) is 0 Å². The number of ketones is 1. The van der Waals surface area contributed by atoms with Gasteiger partial charge in [-0.3, -0.25) is 9.78 Å². The van der Waals surface area contributed by atoms with Crippen molar-refractivity contribution in [2.24, 2.45) is 5.92 Å². The van der Waals surface area contributed by atoms with Gasteiger partial charge in [0, 0.05) is 42.2 Å². The smallest absolute Gasteiger partial charge is 0.187 e. The van der Waals surface area contributed by atoms with Gasteiger partial charge in [0.15, 0.2) is 5.78 Å². The second-order valence-electron chi connectivity index (χ2n) is 6.30. The van der Waals surface area contributed by atoms with Crippen LogP contribution < -0.4 is 4.74 Å². The molecule has 1 fully saturated rings. The Balaban J connectivity index is 1.67. The van der Waals surface area contributed by atoms with E-state index in [1.54, 1.807) is 12.3 Å². The standard InChI is InChI=1S/C19H22N2O3/c1-13-3-4-16(20-10-13)8-19(22)18-9-17(7-14(2)21-18)24-12-15-5-6-23-11-15/h3-4,7,9-10,15H,5-6,8,11-12H2,1-2H3. The van der Waals surface area contributed by atoms with Gasteiger partial charge in [0.05, 0.1) is 19.6 Å². The van der Waals surface area contributed by atoms with E-state index in [0.717, 1.165) is 36.6 Å². The van der Waals surface area contributed by atoms with E-state index in [9.17, 15) is 4.79 Å². The number of rotatable bonds is 6. The molecule has 1 atom stereocenters. The minimum absolute atomic E-state index is 0.0518. The Morgan fingerprint density at radius 3 is 2.92 bits per heavy atom. The first-order valence-electron chi connectivity index (χ1n) is 8.24. The number of nitrogens with zero attached hydrogens (tertiary/aromatic N) is 2. The minimum atomic E-state index is -0.0518. The van der Waals surface area contributed by atoms with Gasteiger partial charge in [0.1, 0.15) is 11.4 Å². The normalized spacial score (nSPS) is 17.0. The lowest BCUT2D eigenvalue weighted by Crippen LogP contribution is -2.13. The maximum absolute atomic E-state index is 12.5. The van der Waals surface area contributed by atoms with Crippen molar-refractivity contribution in [2.75, 3.05) is 19.8 Å². The molecule has 5 nitrogen and oxygen atoms in total. The lowest BCUT2D eigenvalue weighted by atomic mass is 10.1. The number of hydrogen-bond acceptors (Lipinski definition) is 5. The van der Waals surface area contributed by atoms with Gasteiger partial charge in [0.25, 0.3) is 0 Å². The maximum Gasteiger partial charge on any atom is 0.187 e. The van der Waals surface area contributed by atoms with Crippen LogP contribution in [-0.2, 0) is 11.2 Å². The van der Waals surface area contributed by atoms with Gasteiger partial charge in [-0.05, 0) is 31.9 Å². The van der Waals surface area contributed by atoms with E-state index < -0.39 is 0 Å². The Hall–Kier alpha value is -2.27. The molecule has 3 rings (SSSR count). The number of aromatic nitrogens is 2. The Morgan fingerprint density at radius 2 is 2.21 bits per heavy atom. The lowest BCUT2D eigenvalue weighted by molar-refractivity contribution is 0.0986. The third-order valence-corrected chi connectivity index (χ3v) is 4.04. The summed E-state index contributed by atoms with van der Waals surface area (Å²) in [6, 6.07) is 7.41. The van der Waals surface area contributed by atoms with Crippen LogP contribution in [0.4, 0.5) is 0 Å². The van der Waals surface area contributed by atoms with Gasteiger partial charge in [-0.1, -0.05) is 6.07 Å². The Bertz CT molecular complexity index is 707. The van der Waals surface area contributed by atoms with E-state index in [1.807, 2.05) is 32.0 Å². The molecule has 126 valence electrons. The molecule has 0 N–H and O–H groups in total. The van der Waals surface area contributed by atoms with Crippen LogP contribution in [0.15, 0.2) is 30.5 Å². The van der Waals surface area contributed by atoms with Gasteiger partial charge < -0.3 is 9.47 Å². The monoisotopic (exact) mass is 326 g/mol. The van der Waals surface area contributed by atoms with Crippen LogP contribution in [-0.4, -0.2) is 35.6 Å². The molecule has 1 aliphatic heterocycles. The maximum atomic E-state index is 12.5. The van der Waals surface area contributed by atoms with Crippen molar-refractivity contribution < 1.29 is 14.3 Å². The van der Waals surface area contributed by atoms with Gasteiger partial charge in [-0.2, -0.15) is 0 Å². The summed E-state index contributed by atoms with van der Waals surface area (Å²) in [7, 11) is 0. The summed E-state index contributed by atoms with van der Waals surface area (Å²) < 4.78 is 11.2. The molecule has 1 unspecified atom stereocenters. The molecule has 0 aliphatic carbocycles. The van der Waals surface area contributed by atoms with Crippen LogP contribution in [0.25, 0.3) is 0 Å². The molecular weight excluding hydrogens is 304 g/mol. The third-order valence-electron chi connectivity index (χ3n) is 4.04. The predicted octanol–water partition coefficient (Wildman–Crippen LogP) is 2.93. The average Bonchev–Trinajstić information content (AvgIpc) is 3.08. The number of ether oxygens (including phenoxy) is 2. The fourth-order valence-corrected chi connectivity index (χ4v) is 2.65. The summed E-state index contributed by atoms with van der Waals surface area (Å²) in [6.45, 7) is 5.99. The van der Waals surface area contributed by atoms with Crippen molar-refractivity contribution in [1.82, 2.24) is 9.97 Å². The molecule has 2 aromatic heterocycles. The molecule has 2 aromatic rings. The van der Waals surface area contributed by atoms with E-state index in [2.05, 4.69) is 9.97 Å².